The Hall–Kier alpha value is -1.10. The molecule has 0 amide bonds. The highest BCUT2D eigenvalue weighted by Crippen LogP contribution is 2.17. The van der Waals surface area contributed by atoms with E-state index in [9.17, 15) is 0 Å². The molecule has 2 N–H and O–H groups in total. The number of thiazole rings is 1. The zero-order chi connectivity index (χ0) is 14.4. The van der Waals surface area contributed by atoms with Crippen molar-refractivity contribution in [3.05, 3.63) is 15.6 Å². The first kappa shape index (κ1) is 16.0. The highest BCUT2D eigenvalue weighted by atomic mass is 32.1. The Labute approximate surface area is 120 Å². The minimum absolute atomic E-state index is 0.405. The van der Waals surface area contributed by atoms with Gasteiger partial charge in [-0.25, -0.2) is 9.98 Å². The molecule has 0 saturated carbocycles. The van der Waals surface area contributed by atoms with Crippen LogP contribution in [-0.4, -0.2) is 23.5 Å². The molecule has 1 rings (SSSR count). The average Bonchev–Trinajstić information content (AvgIpc) is 2.64. The third kappa shape index (κ3) is 5.19. The summed E-state index contributed by atoms with van der Waals surface area (Å²) >= 11 is 1.73. The topological polar surface area (TPSA) is 49.3 Å². The van der Waals surface area contributed by atoms with E-state index in [0.717, 1.165) is 23.2 Å². The molecule has 1 aromatic heterocycles. The lowest BCUT2D eigenvalue weighted by atomic mass is 10.1. The normalized spacial score (nSPS) is 13.7. The van der Waals surface area contributed by atoms with Crippen LogP contribution in [0.15, 0.2) is 4.99 Å². The van der Waals surface area contributed by atoms with E-state index in [2.05, 4.69) is 48.3 Å². The van der Waals surface area contributed by atoms with Gasteiger partial charge in [0, 0.05) is 17.5 Å². The minimum atomic E-state index is 0.405. The number of aliphatic imine (C=N–C) groups is 1. The third-order valence-electron chi connectivity index (χ3n) is 3.09. The highest BCUT2D eigenvalue weighted by Gasteiger charge is 2.09. The monoisotopic (exact) mass is 282 g/mol. The molecule has 0 bridgehead atoms. The Morgan fingerprint density at radius 1 is 1.32 bits per heavy atom. The summed E-state index contributed by atoms with van der Waals surface area (Å²) in [6.45, 7) is 14.3. The molecule has 0 aromatic carbocycles. The maximum atomic E-state index is 4.65. The Balaban J connectivity index is 2.70. The van der Waals surface area contributed by atoms with Gasteiger partial charge in [0.15, 0.2) is 5.96 Å². The van der Waals surface area contributed by atoms with Crippen LogP contribution in [0.25, 0.3) is 0 Å². The summed E-state index contributed by atoms with van der Waals surface area (Å²) in [5.74, 6) is 1.46. The Morgan fingerprint density at radius 3 is 2.47 bits per heavy atom. The molecule has 0 fully saturated rings. The number of rotatable bonds is 5. The van der Waals surface area contributed by atoms with Gasteiger partial charge in [0.1, 0.15) is 0 Å². The van der Waals surface area contributed by atoms with Crippen LogP contribution in [0, 0.1) is 19.8 Å². The van der Waals surface area contributed by atoms with Crippen molar-refractivity contribution < 1.29 is 0 Å². The molecule has 19 heavy (non-hydrogen) atoms. The van der Waals surface area contributed by atoms with Crippen molar-refractivity contribution in [1.82, 2.24) is 15.6 Å². The van der Waals surface area contributed by atoms with E-state index in [1.165, 1.54) is 4.88 Å². The van der Waals surface area contributed by atoms with Crippen molar-refractivity contribution in [2.45, 2.75) is 54.1 Å². The smallest absolute Gasteiger partial charge is 0.191 e. The first-order chi connectivity index (χ1) is 8.93. The molecule has 1 unspecified atom stereocenters. The van der Waals surface area contributed by atoms with Crippen LogP contribution in [-0.2, 0) is 6.54 Å². The van der Waals surface area contributed by atoms with Gasteiger partial charge in [-0.15, -0.1) is 11.3 Å². The van der Waals surface area contributed by atoms with Crippen molar-refractivity contribution >= 4 is 17.3 Å². The molecule has 1 heterocycles. The predicted molar refractivity (Wildman–Crippen MR) is 83.8 cm³/mol. The Bertz CT molecular complexity index is 423. The van der Waals surface area contributed by atoms with Gasteiger partial charge >= 0.3 is 0 Å². The summed E-state index contributed by atoms with van der Waals surface area (Å²) in [5.41, 5.74) is 1.10. The van der Waals surface area contributed by atoms with Crippen LogP contribution in [0.3, 0.4) is 0 Å². The fraction of sp³-hybridized carbons (Fsp3) is 0.714. The maximum Gasteiger partial charge on any atom is 0.191 e. The summed E-state index contributed by atoms with van der Waals surface area (Å²) in [5, 5.41) is 7.83. The number of aryl methyl sites for hydroxylation is 2. The second-order valence-corrected chi connectivity index (χ2v) is 6.40. The van der Waals surface area contributed by atoms with Crippen molar-refractivity contribution in [3.8, 4) is 0 Å². The van der Waals surface area contributed by atoms with E-state index >= 15 is 0 Å². The summed E-state index contributed by atoms with van der Waals surface area (Å²) in [4.78, 5) is 10.3. The fourth-order valence-electron chi connectivity index (χ4n) is 1.57. The van der Waals surface area contributed by atoms with Gasteiger partial charge in [-0.2, -0.15) is 0 Å². The number of hydrogen-bond acceptors (Lipinski definition) is 3. The van der Waals surface area contributed by atoms with Crippen LogP contribution < -0.4 is 10.6 Å². The quantitative estimate of drug-likeness (QED) is 0.645. The van der Waals surface area contributed by atoms with E-state index in [1.54, 1.807) is 11.3 Å². The van der Waals surface area contributed by atoms with Crippen molar-refractivity contribution in [2.24, 2.45) is 10.9 Å². The number of nitrogens with one attached hydrogen (secondary N) is 2. The van der Waals surface area contributed by atoms with E-state index in [4.69, 9.17) is 0 Å². The zero-order valence-electron chi connectivity index (χ0n) is 12.9. The summed E-state index contributed by atoms with van der Waals surface area (Å²) in [6, 6.07) is 0.405. The van der Waals surface area contributed by atoms with Gasteiger partial charge in [0.25, 0.3) is 0 Å². The van der Waals surface area contributed by atoms with Crippen LogP contribution >= 0.6 is 11.3 Å². The fourth-order valence-corrected chi connectivity index (χ4v) is 2.43. The summed E-state index contributed by atoms with van der Waals surface area (Å²) in [6.07, 6.45) is 0. The lowest BCUT2D eigenvalue weighted by Gasteiger charge is -2.20. The number of nitrogens with zero attached hydrogens (tertiary/aromatic N) is 2. The van der Waals surface area contributed by atoms with Crippen molar-refractivity contribution in [1.29, 1.82) is 0 Å². The first-order valence-electron chi connectivity index (χ1n) is 6.91. The molecule has 4 nitrogen and oxygen atoms in total. The molecule has 0 saturated heterocycles. The van der Waals surface area contributed by atoms with Crippen LogP contribution in [0.1, 0.15) is 43.3 Å². The lowest BCUT2D eigenvalue weighted by Crippen LogP contribution is -2.44. The van der Waals surface area contributed by atoms with Gasteiger partial charge in [-0.3, -0.25) is 0 Å². The Kier molecular flexibility index (Phi) is 6.28. The molecule has 1 atom stereocenters. The molecule has 0 spiro atoms. The first-order valence-corrected chi connectivity index (χ1v) is 7.73. The lowest BCUT2D eigenvalue weighted by molar-refractivity contribution is 0.481. The molecule has 0 aliphatic rings. The molecule has 0 aliphatic carbocycles. The summed E-state index contributed by atoms with van der Waals surface area (Å²) < 4.78 is 0. The maximum absolute atomic E-state index is 4.65. The molecular formula is C14H26N4S. The largest absolute Gasteiger partial charge is 0.357 e. The van der Waals surface area contributed by atoms with Gasteiger partial charge in [-0.1, -0.05) is 13.8 Å². The second-order valence-electron chi connectivity index (χ2n) is 5.11. The molecule has 1 aromatic rings. The molecule has 0 aliphatic heterocycles. The van der Waals surface area contributed by atoms with E-state index in [1.807, 2.05) is 13.8 Å². The third-order valence-corrected chi connectivity index (χ3v) is 4.15. The number of hydrogen-bond donors (Lipinski definition) is 2. The molecule has 0 radical (unpaired) electrons. The zero-order valence-corrected chi connectivity index (χ0v) is 13.7. The van der Waals surface area contributed by atoms with E-state index < -0.39 is 0 Å². The molecular weight excluding hydrogens is 256 g/mol. The minimum Gasteiger partial charge on any atom is -0.357 e. The van der Waals surface area contributed by atoms with Gasteiger partial charge in [-0.05, 0) is 33.6 Å². The van der Waals surface area contributed by atoms with Crippen LogP contribution in [0.4, 0.5) is 0 Å². The Morgan fingerprint density at radius 2 is 2.00 bits per heavy atom. The van der Waals surface area contributed by atoms with E-state index in [0.29, 0.717) is 18.5 Å². The van der Waals surface area contributed by atoms with Crippen molar-refractivity contribution in [3.63, 3.8) is 0 Å². The van der Waals surface area contributed by atoms with Crippen molar-refractivity contribution in [2.75, 3.05) is 6.54 Å². The highest BCUT2D eigenvalue weighted by molar-refractivity contribution is 7.11. The van der Waals surface area contributed by atoms with E-state index in [-0.39, 0.29) is 0 Å². The van der Waals surface area contributed by atoms with Gasteiger partial charge < -0.3 is 10.6 Å². The number of guanidine groups is 1. The standard InChI is InChI=1S/C14H26N4S/c1-7-15-14(18-10(4)9(2)3)16-8-13-11(5)17-12(6)19-13/h9-10H,7-8H2,1-6H3,(H2,15,16,18). The molecule has 5 heteroatoms. The second kappa shape index (κ2) is 7.48. The number of aromatic nitrogens is 1. The van der Waals surface area contributed by atoms with Gasteiger partial charge in [0.2, 0.25) is 0 Å². The van der Waals surface area contributed by atoms with Crippen LogP contribution in [0.5, 0.6) is 0 Å². The van der Waals surface area contributed by atoms with Gasteiger partial charge in [0.05, 0.1) is 17.2 Å². The summed E-state index contributed by atoms with van der Waals surface area (Å²) in [7, 11) is 0. The SMILES string of the molecule is CCNC(=NCc1sc(C)nc1C)NC(C)C(C)C. The predicted octanol–water partition coefficient (Wildman–Crippen LogP) is 2.86. The van der Waals surface area contributed by atoms with Crippen LogP contribution in [0.2, 0.25) is 0 Å². The molecule has 108 valence electrons. The average molecular weight is 282 g/mol.